The molecular weight excluding hydrogens is 224 g/mol. The molecule has 0 N–H and O–H groups in total. The molecule has 0 aromatic heterocycles. The molecule has 0 saturated carbocycles. The summed E-state index contributed by atoms with van der Waals surface area (Å²) in [6, 6.07) is 19.6. The maximum absolute atomic E-state index is 5.65. The Kier molecular flexibility index (Phi) is 4.56. The Morgan fingerprint density at radius 3 is 2.17 bits per heavy atom. The molecule has 0 spiro atoms. The van der Waals surface area contributed by atoms with E-state index in [-0.39, 0.29) is 0 Å². The molecule has 0 saturated heterocycles. The van der Waals surface area contributed by atoms with Crippen molar-refractivity contribution in [3.05, 3.63) is 78.9 Å². The maximum Gasteiger partial charge on any atom is 0.219 e. The third kappa shape index (κ3) is 3.75. The van der Waals surface area contributed by atoms with E-state index in [0.717, 1.165) is 11.3 Å². The van der Waals surface area contributed by atoms with Gasteiger partial charge in [0.1, 0.15) is 5.75 Å². The second-order valence-corrected chi connectivity index (χ2v) is 3.83. The molecule has 0 amide bonds. The summed E-state index contributed by atoms with van der Waals surface area (Å²) in [6.07, 6.45) is 1.21. The van der Waals surface area contributed by atoms with Crippen molar-refractivity contribution in [2.24, 2.45) is 0 Å². The SMILES string of the molecule is C=C[C@@H](OCc1ccccc1)Oc1ccccc1. The minimum absolute atomic E-state index is 0.437. The van der Waals surface area contributed by atoms with Gasteiger partial charge in [-0.15, -0.1) is 0 Å². The van der Waals surface area contributed by atoms with E-state index in [9.17, 15) is 0 Å². The van der Waals surface area contributed by atoms with E-state index in [1.807, 2.05) is 60.7 Å². The molecule has 1 atom stereocenters. The van der Waals surface area contributed by atoms with Crippen molar-refractivity contribution in [2.45, 2.75) is 12.9 Å². The Balaban J connectivity index is 1.88. The second kappa shape index (κ2) is 6.62. The Labute approximate surface area is 107 Å². The monoisotopic (exact) mass is 240 g/mol. The molecule has 2 rings (SSSR count). The van der Waals surface area contributed by atoms with Gasteiger partial charge in [-0.2, -0.15) is 0 Å². The first-order valence-electron chi connectivity index (χ1n) is 5.88. The number of para-hydroxylation sites is 1. The van der Waals surface area contributed by atoms with Crippen LogP contribution in [0.1, 0.15) is 5.56 Å². The van der Waals surface area contributed by atoms with E-state index >= 15 is 0 Å². The van der Waals surface area contributed by atoms with Gasteiger partial charge in [0.2, 0.25) is 6.29 Å². The van der Waals surface area contributed by atoms with Crippen molar-refractivity contribution in [1.82, 2.24) is 0 Å². The highest BCUT2D eigenvalue weighted by atomic mass is 16.7. The van der Waals surface area contributed by atoms with Gasteiger partial charge in [-0.25, -0.2) is 0 Å². The van der Waals surface area contributed by atoms with E-state index in [1.54, 1.807) is 6.08 Å². The predicted octanol–water partition coefficient (Wildman–Crippen LogP) is 3.79. The zero-order valence-electron chi connectivity index (χ0n) is 10.2. The van der Waals surface area contributed by atoms with E-state index in [1.165, 1.54) is 0 Å². The summed E-state index contributed by atoms with van der Waals surface area (Å²) in [4.78, 5) is 0. The summed E-state index contributed by atoms with van der Waals surface area (Å²) < 4.78 is 11.3. The van der Waals surface area contributed by atoms with Crippen molar-refractivity contribution < 1.29 is 9.47 Å². The Morgan fingerprint density at radius 1 is 0.944 bits per heavy atom. The van der Waals surface area contributed by atoms with Crippen LogP contribution < -0.4 is 4.74 Å². The van der Waals surface area contributed by atoms with Gasteiger partial charge in [0.15, 0.2) is 0 Å². The summed E-state index contributed by atoms with van der Waals surface area (Å²) in [5.74, 6) is 0.774. The smallest absolute Gasteiger partial charge is 0.219 e. The molecular formula is C16H16O2. The van der Waals surface area contributed by atoms with Gasteiger partial charge in [-0.05, 0) is 23.8 Å². The standard InChI is InChI=1S/C16H16O2/c1-2-16(18-15-11-7-4-8-12-15)17-13-14-9-5-3-6-10-14/h2-12,16H,1,13H2/t16-/m0/s1. The molecule has 18 heavy (non-hydrogen) atoms. The van der Waals surface area contributed by atoms with Crippen LogP contribution in [0.25, 0.3) is 0 Å². The van der Waals surface area contributed by atoms with E-state index in [0.29, 0.717) is 6.61 Å². The molecule has 0 radical (unpaired) electrons. The number of hydrogen-bond donors (Lipinski definition) is 0. The van der Waals surface area contributed by atoms with Crippen molar-refractivity contribution in [3.63, 3.8) is 0 Å². The number of hydrogen-bond acceptors (Lipinski definition) is 2. The van der Waals surface area contributed by atoms with Crippen LogP contribution in [0.15, 0.2) is 73.3 Å². The Morgan fingerprint density at radius 2 is 1.56 bits per heavy atom. The Hall–Kier alpha value is -2.06. The zero-order valence-corrected chi connectivity index (χ0v) is 10.2. The lowest BCUT2D eigenvalue weighted by Crippen LogP contribution is -2.17. The summed E-state index contributed by atoms with van der Waals surface area (Å²) in [7, 11) is 0. The van der Waals surface area contributed by atoms with Crippen LogP contribution in [-0.4, -0.2) is 6.29 Å². The minimum atomic E-state index is -0.437. The van der Waals surface area contributed by atoms with Crippen molar-refractivity contribution >= 4 is 0 Å². The molecule has 2 aromatic rings. The van der Waals surface area contributed by atoms with Gasteiger partial charge in [-0.1, -0.05) is 55.1 Å². The molecule has 0 aliphatic rings. The van der Waals surface area contributed by atoms with Crippen LogP contribution in [0.5, 0.6) is 5.75 Å². The summed E-state index contributed by atoms with van der Waals surface area (Å²) in [5, 5.41) is 0. The van der Waals surface area contributed by atoms with Crippen molar-refractivity contribution in [3.8, 4) is 5.75 Å². The van der Waals surface area contributed by atoms with Crippen LogP contribution in [0.2, 0.25) is 0 Å². The lowest BCUT2D eigenvalue weighted by Gasteiger charge is -2.16. The third-order valence-corrected chi connectivity index (χ3v) is 2.44. The van der Waals surface area contributed by atoms with Crippen molar-refractivity contribution in [1.29, 1.82) is 0 Å². The van der Waals surface area contributed by atoms with Crippen LogP contribution in [0, 0.1) is 0 Å². The van der Waals surface area contributed by atoms with Crippen LogP contribution in [0.4, 0.5) is 0 Å². The van der Waals surface area contributed by atoms with Gasteiger partial charge in [0.25, 0.3) is 0 Å². The normalized spacial score (nSPS) is 11.8. The van der Waals surface area contributed by atoms with Crippen LogP contribution in [0.3, 0.4) is 0 Å². The van der Waals surface area contributed by atoms with Crippen LogP contribution >= 0.6 is 0 Å². The molecule has 0 fully saturated rings. The molecule has 0 bridgehead atoms. The Bertz CT molecular complexity index is 465. The highest BCUT2D eigenvalue weighted by molar-refractivity contribution is 5.21. The van der Waals surface area contributed by atoms with Gasteiger partial charge >= 0.3 is 0 Å². The lowest BCUT2D eigenvalue weighted by atomic mass is 10.2. The predicted molar refractivity (Wildman–Crippen MR) is 72.3 cm³/mol. The quantitative estimate of drug-likeness (QED) is 0.565. The fraction of sp³-hybridized carbons (Fsp3) is 0.125. The van der Waals surface area contributed by atoms with E-state index in [4.69, 9.17) is 9.47 Å². The summed E-state index contributed by atoms with van der Waals surface area (Å²) >= 11 is 0. The molecule has 2 heteroatoms. The molecule has 2 nitrogen and oxygen atoms in total. The van der Waals surface area contributed by atoms with Gasteiger partial charge < -0.3 is 9.47 Å². The average molecular weight is 240 g/mol. The topological polar surface area (TPSA) is 18.5 Å². The van der Waals surface area contributed by atoms with E-state index in [2.05, 4.69) is 6.58 Å². The molecule has 0 unspecified atom stereocenters. The minimum Gasteiger partial charge on any atom is -0.461 e. The third-order valence-electron chi connectivity index (χ3n) is 2.44. The molecule has 0 aliphatic heterocycles. The summed E-state index contributed by atoms with van der Waals surface area (Å²) in [5.41, 5.74) is 1.11. The van der Waals surface area contributed by atoms with Crippen molar-refractivity contribution in [2.75, 3.05) is 0 Å². The number of benzene rings is 2. The number of ether oxygens (including phenoxy) is 2. The average Bonchev–Trinajstić information content (AvgIpc) is 2.45. The maximum atomic E-state index is 5.65. The zero-order chi connectivity index (χ0) is 12.6. The summed E-state index contributed by atoms with van der Waals surface area (Å²) in [6.45, 7) is 4.22. The molecule has 2 aromatic carbocycles. The highest BCUT2D eigenvalue weighted by Crippen LogP contribution is 2.13. The molecule has 0 heterocycles. The first-order valence-corrected chi connectivity index (χ1v) is 5.88. The van der Waals surface area contributed by atoms with Crippen LogP contribution in [-0.2, 0) is 11.3 Å². The van der Waals surface area contributed by atoms with Gasteiger partial charge in [0.05, 0.1) is 6.61 Å². The second-order valence-electron chi connectivity index (χ2n) is 3.83. The van der Waals surface area contributed by atoms with Gasteiger partial charge in [-0.3, -0.25) is 0 Å². The number of rotatable bonds is 6. The first kappa shape index (κ1) is 12.4. The fourth-order valence-electron chi connectivity index (χ4n) is 1.54. The largest absolute Gasteiger partial charge is 0.461 e. The lowest BCUT2D eigenvalue weighted by molar-refractivity contribution is -0.0553. The molecule has 92 valence electrons. The first-order chi connectivity index (χ1) is 8.88. The fourth-order valence-corrected chi connectivity index (χ4v) is 1.54. The molecule has 0 aliphatic carbocycles. The highest BCUT2D eigenvalue weighted by Gasteiger charge is 2.05. The van der Waals surface area contributed by atoms with Gasteiger partial charge in [0, 0.05) is 0 Å². The van der Waals surface area contributed by atoms with E-state index < -0.39 is 6.29 Å².